The van der Waals surface area contributed by atoms with Crippen LogP contribution >= 0.6 is 0 Å². The molecule has 0 unspecified atom stereocenters. The van der Waals surface area contributed by atoms with Crippen LogP contribution in [0.1, 0.15) is 26.7 Å². The highest BCUT2D eigenvalue weighted by molar-refractivity contribution is 5.94. The first-order valence-corrected chi connectivity index (χ1v) is 7.07. The molecule has 0 aliphatic carbocycles. The maximum atomic E-state index is 12.2. The fraction of sp³-hybridized carbons (Fsp3) is 0.118. The van der Waals surface area contributed by atoms with Gasteiger partial charge in [-0.3, -0.25) is 4.79 Å². The van der Waals surface area contributed by atoms with E-state index >= 15 is 0 Å². The second kappa shape index (κ2) is 6.31. The third-order valence-corrected chi connectivity index (χ3v) is 3.40. The summed E-state index contributed by atoms with van der Waals surface area (Å²) < 4.78 is 4.60. The quantitative estimate of drug-likeness (QED) is 0.724. The molecule has 0 saturated heterocycles. The molecule has 0 spiro atoms. The number of aromatic amines is 1. The molecule has 1 aromatic carbocycles. The first-order valence-electron chi connectivity index (χ1n) is 7.07. The number of esters is 1. The number of carbonyl (C=O) groups excluding carboxylic acids is 2. The number of ether oxygens (including phenoxy) is 1. The fourth-order valence-electron chi connectivity index (χ4n) is 2.27. The topological polar surface area (TPSA) is 84.1 Å². The summed E-state index contributed by atoms with van der Waals surface area (Å²) in [5.41, 5.74) is 2.18. The number of hydrogen-bond acceptors (Lipinski definition) is 4. The third-order valence-electron chi connectivity index (χ3n) is 3.40. The Hall–Kier alpha value is -3.15. The number of amides is 1. The van der Waals surface area contributed by atoms with Gasteiger partial charge in [0.25, 0.3) is 5.91 Å². The average molecular weight is 309 g/mol. The molecule has 3 aromatic rings. The van der Waals surface area contributed by atoms with E-state index in [2.05, 4.69) is 20.0 Å². The highest BCUT2D eigenvalue weighted by atomic mass is 16.5. The van der Waals surface area contributed by atoms with Crippen molar-refractivity contribution in [3.05, 3.63) is 65.6 Å². The van der Waals surface area contributed by atoms with Crippen molar-refractivity contribution in [2.75, 3.05) is 7.11 Å². The number of hydrogen-bond donors (Lipinski definition) is 2. The Balaban J connectivity index is 1.70. The van der Waals surface area contributed by atoms with Gasteiger partial charge in [0.2, 0.25) is 0 Å². The van der Waals surface area contributed by atoms with E-state index in [0.717, 1.165) is 16.6 Å². The molecule has 1 amide bonds. The van der Waals surface area contributed by atoms with E-state index in [-0.39, 0.29) is 17.3 Å². The Morgan fingerprint density at radius 2 is 1.91 bits per heavy atom. The molecule has 3 rings (SSSR count). The zero-order valence-electron chi connectivity index (χ0n) is 12.5. The smallest absolute Gasteiger partial charge is 0.356 e. The lowest BCUT2D eigenvalue weighted by Crippen LogP contribution is -2.24. The largest absolute Gasteiger partial charge is 0.464 e. The van der Waals surface area contributed by atoms with Crippen molar-refractivity contribution in [2.45, 2.75) is 6.54 Å². The standard InChI is InChI=1S/C17H15N3O3/c1-23-17(22)15-8-4-7-14(20-15)16(21)18-10-12-9-11-5-2-3-6-13(11)19-12/h2-9,19H,10H2,1H3,(H,18,21). The van der Waals surface area contributed by atoms with Crippen LogP contribution in [0.2, 0.25) is 0 Å². The molecule has 2 heterocycles. The van der Waals surface area contributed by atoms with Crippen LogP contribution in [0.25, 0.3) is 10.9 Å². The van der Waals surface area contributed by atoms with E-state index in [1.165, 1.54) is 13.2 Å². The molecule has 0 saturated carbocycles. The molecule has 6 heteroatoms. The molecule has 0 fully saturated rings. The number of nitrogens with one attached hydrogen (secondary N) is 2. The first-order chi connectivity index (χ1) is 11.2. The summed E-state index contributed by atoms with van der Waals surface area (Å²) in [6, 6.07) is 14.5. The van der Waals surface area contributed by atoms with Gasteiger partial charge in [0, 0.05) is 11.2 Å². The number of benzene rings is 1. The van der Waals surface area contributed by atoms with Gasteiger partial charge in [0.1, 0.15) is 11.4 Å². The SMILES string of the molecule is COC(=O)c1cccc(C(=O)NCc2cc3ccccc3[nH]2)n1. The summed E-state index contributed by atoms with van der Waals surface area (Å²) in [5, 5.41) is 3.86. The summed E-state index contributed by atoms with van der Waals surface area (Å²) in [6.07, 6.45) is 0. The summed E-state index contributed by atoms with van der Waals surface area (Å²) in [5.74, 6) is -0.926. The van der Waals surface area contributed by atoms with Gasteiger partial charge in [-0.2, -0.15) is 0 Å². The van der Waals surface area contributed by atoms with Crippen LogP contribution in [0, 0.1) is 0 Å². The number of carbonyl (C=O) groups is 2. The maximum Gasteiger partial charge on any atom is 0.356 e. The van der Waals surface area contributed by atoms with Crippen molar-refractivity contribution in [3.63, 3.8) is 0 Å². The number of rotatable bonds is 4. The lowest BCUT2D eigenvalue weighted by Gasteiger charge is -2.04. The predicted octanol–water partition coefficient (Wildman–Crippen LogP) is 2.28. The van der Waals surface area contributed by atoms with E-state index in [0.29, 0.717) is 6.54 Å². The van der Waals surface area contributed by atoms with Gasteiger partial charge in [-0.05, 0) is 29.7 Å². The number of fused-ring (bicyclic) bond motifs is 1. The summed E-state index contributed by atoms with van der Waals surface area (Å²) in [4.78, 5) is 30.8. The summed E-state index contributed by atoms with van der Waals surface area (Å²) in [7, 11) is 1.27. The number of para-hydroxylation sites is 1. The molecule has 2 N–H and O–H groups in total. The Kier molecular flexibility index (Phi) is 4.05. The number of H-pyrrole nitrogens is 1. The van der Waals surface area contributed by atoms with Gasteiger partial charge in [-0.25, -0.2) is 9.78 Å². The lowest BCUT2D eigenvalue weighted by atomic mass is 10.2. The third kappa shape index (κ3) is 3.21. The van der Waals surface area contributed by atoms with Gasteiger partial charge < -0.3 is 15.0 Å². The van der Waals surface area contributed by atoms with Gasteiger partial charge in [-0.15, -0.1) is 0 Å². The monoisotopic (exact) mass is 309 g/mol. The van der Waals surface area contributed by atoms with Crippen molar-refractivity contribution in [1.29, 1.82) is 0 Å². The summed E-state index contributed by atoms with van der Waals surface area (Å²) in [6.45, 7) is 0.345. The predicted molar refractivity (Wildman–Crippen MR) is 85.0 cm³/mol. The number of nitrogens with zero attached hydrogens (tertiary/aromatic N) is 1. The van der Waals surface area contributed by atoms with Crippen molar-refractivity contribution in [1.82, 2.24) is 15.3 Å². The first kappa shape index (κ1) is 14.8. The second-order valence-corrected chi connectivity index (χ2v) is 4.96. The van der Waals surface area contributed by atoms with Crippen molar-refractivity contribution in [2.24, 2.45) is 0 Å². The molecule has 0 atom stereocenters. The molecule has 0 aliphatic heterocycles. The number of aromatic nitrogens is 2. The molecule has 6 nitrogen and oxygen atoms in total. The minimum absolute atomic E-state index is 0.103. The maximum absolute atomic E-state index is 12.2. The van der Waals surface area contributed by atoms with Crippen LogP contribution < -0.4 is 5.32 Å². The van der Waals surface area contributed by atoms with Gasteiger partial charge in [-0.1, -0.05) is 24.3 Å². The van der Waals surface area contributed by atoms with Crippen molar-refractivity contribution in [3.8, 4) is 0 Å². The molecule has 0 bridgehead atoms. The molecule has 23 heavy (non-hydrogen) atoms. The lowest BCUT2D eigenvalue weighted by molar-refractivity contribution is 0.0594. The van der Waals surface area contributed by atoms with E-state index in [4.69, 9.17) is 0 Å². The zero-order chi connectivity index (χ0) is 16.2. The van der Waals surface area contributed by atoms with Crippen molar-refractivity contribution >= 4 is 22.8 Å². The molecular weight excluding hydrogens is 294 g/mol. The average Bonchev–Trinajstić information content (AvgIpc) is 3.02. The summed E-state index contributed by atoms with van der Waals surface area (Å²) >= 11 is 0. The van der Waals surface area contributed by atoms with Gasteiger partial charge >= 0.3 is 5.97 Å². The van der Waals surface area contributed by atoms with Crippen LogP contribution in [0.3, 0.4) is 0 Å². The Labute approximate surface area is 132 Å². The van der Waals surface area contributed by atoms with Crippen LogP contribution in [0.5, 0.6) is 0 Å². The molecule has 116 valence electrons. The van der Waals surface area contributed by atoms with E-state index in [1.807, 2.05) is 30.3 Å². The van der Waals surface area contributed by atoms with E-state index in [1.54, 1.807) is 12.1 Å². The highest BCUT2D eigenvalue weighted by Gasteiger charge is 2.12. The minimum Gasteiger partial charge on any atom is -0.464 e. The fourth-order valence-corrected chi connectivity index (χ4v) is 2.27. The Morgan fingerprint density at radius 3 is 2.70 bits per heavy atom. The van der Waals surface area contributed by atoms with Crippen LogP contribution in [-0.2, 0) is 11.3 Å². The number of methoxy groups -OCH3 is 1. The van der Waals surface area contributed by atoms with E-state index < -0.39 is 5.97 Å². The Bertz CT molecular complexity index is 837. The van der Waals surface area contributed by atoms with Crippen LogP contribution in [-0.4, -0.2) is 29.0 Å². The zero-order valence-corrected chi connectivity index (χ0v) is 12.5. The van der Waals surface area contributed by atoms with Crippen LogP contribution in [0.4, 0.5) is 0 Å². The molecular formula is C17H15N3O3. The molecule has 0 aliphatic rings. The molecule has 0 radical (unpaired) electrons. The highest BCUT2D eigenvalue weighted by Crippen LogP contribution is 2.14. The van der Waals surface area contributed by atoms with Gasteiger partial charge in [0.05, 0.1) is 13.7 Å². The second-order valence-electron chi connectivity index (χ2n) is 4.96. The molecule has 2 aromatic heterocycles. The number of pyridine rings is 1. The van der Waals surface area contributed by atoms with Crippen LogP contribution in [0.15, 0.2) is 48.5 Å². The van der Waals surface area contributed by atoms with Gasteiger partial charge in [0.15, 0.2) is 0 Å². The minimum atomic E-state index is -0.574. The van der Waals surface area contributed by atoms with E-state index in [9.17, 15) is 9.59 Å². The normalized spacial score (nSPS) is 10.5. The Morgan fingerprint density at radius 1 is 1.13 bits per heavy atom. The van der Waals surface area contributed by atoms with Crippen molar-refractivity contribution < 1.29 is 14.3 Å².